The zero-order valence-corrected chi connectivity index (χ0v) is 14.8. The van der Waals surface area contributed by atoms with Crippen LogP contribution in [0.15, 0.2) is 24.4 Å². The molecule has 2 heterocycles. The number of carbonyl (C=O) groups excluding carboxylic acids is 1. The average Bonchev–Trinajstić information content (AvgIpc) is 3.02. The molecule has 0 aromatic carbocycles. The fourth-order valence-electron chi connectivity index (χ4n) is 6.35. The summed E-state index contributed by atoms with van der Waals surface area (Å²) >= 11 is 0. The first kappa shape index (κ1) is 15.5. The summed E-state index contributed by atoms with van der Waals surface area (Å²) in [6.45, 7) is 1.81. The molecule has 4 aliphatic carbocycles. The van der Waals surface area contributed by atoms with E-state index in [1.807, 2.05) is 24.4 Å². The first-order valence-corrected chi connectivity index (χ1v) is 9.92. The minimum absolute atomic E-state index is 0.0508. The van der Waals surface area contributed by atoms with E-state index in [-0.39, 0.29) is 17.6 Å². The third-order valence-corrected chi connectivity index (χ3v) is 6.91. The van der Waals surface area contributed by atoms with Crippen LogP contribution in [0.3, 0.4) is 0 Å². The molecule has 0 radical (unpaired) electrons. The highest BCUT2D eigenvalue weighted by Gasteiger charge is 2.51. The van der Waals surface area contributed by atoms with Crippen molar-refractivity contribution < 1.29 is 4.79 Å². The van der Waals surface area contributed by atoms with Gasteiger partial charge < -0.3 is 15.5 Å². The SMILES string of the molecule is O=C(N[C@@H]1CCN(c2ccccn2)C1)NC12CC3CC(CC(C3)C1)C2. The predicted octanol–water partition coefficient (Wildman–Crippen LogP) is 2.93. The van der Waals surface area contributed by atoms with Crippen LogP contribution in [0, 0.1) is 17.8 Å². The lowest BCUT2D eigenvalue weighted by atomic mass is 9.53. The number of anilines is 1. The van der Waals surface area contributed by atoms with Gasteiger partial charge in [-0.25, -0.2) is 9.78 Å². The van der Waals surface area contributed by atoms with Crippen molar-refractivity contribution in [3.05, 3.63) is 24.4 Å². The number of hydrogen-bond acceptors (Lipinski definition) is 3. The molecule has 2 amide bonds. The monoisotopic (exact) mass is 340 g/mol. The molecule has 1 aliphatic heterocycles. The van der Waals surface area contributed by atoms with Crippen LogP contribution < -0.4 is 15.5 Å². The molecule has 1 saturated heterocycles. The van der Waals surface area contributed by atoms with E-state index in [0.29, 0.717) is 0 Å². The van der Waals surface area contributed by atoms with Crippen LogP contribution in [-0.2, 0) is 0 Å². The van der Waals surface area contributed by atoms with Gasteiger partial charge in [-0.2, -0.15) is 0 Å². The van der Waals surface area contributed by atoms with E-state index in [0.717, 1.165) is 43.1 Å². The minimum Gasteiger partial charge on any atom is -0.354 e. The smallest absolute Gasteiger partial charge is 0.315 e. The lowest BCUT2D eigenvalue weighted by Crippen LogP contribution is -2.62. The summed E-state index contributed by atoms with van der Waals surface area (Å²) in [6.07, 6.45) is 10.7. The molecule has 5 heteroatoms. The molecule has 4 saturated carbocycles. The van der Waals surface area contributed by atoms with Gasteiger partial charge in [0.15, 0.2) is 0 Å². The molecule has 5 fully saturated rings. The molecule has 5 nitrogen and oxygen atoms in total. The van der Waals surface area contributed by atoms with Crippen molar-refractivity contribution in [2.45, 2.75) is 56.5 Å². The van der Waals surface area contributed by atoms with Gasteiger partial charge in [-0.15, -0.1) is 0 Å². The number of hydrogen-bond donors (Lipinski definition) is 2. The number of carbonyl (C=O) groups is 1. The molecule has 5 aliphatic rings. The maximum Gasteiger partial charge on any atom is 0.315 e. The highest BCUT2D eigenvalue weighted by Crippen LogP contribution is 2.55. The zero-order chi connectivity index (χ0) is 16.9. The molecule has 0 unspecified atom stereocenters. The van der Waals surface area contributed by atoms with E-state index in [9.17, 15) is 4.79 Å². The highest BCUT2D eigenvalue weighted by molar-refractivity contribution is 5.75. The van der Waals surface area contributed by atoms with Gasteiger partial charge in [0.1, 0.15) is 5.82 Å². The first-order chi connectivity index (χ1) is 12.2. The quantitative estimate of drug-likeness (QED) is 0.889. The Hall–Kier alpha value is -1.78. The molecule has 1 aromatic rings. The minimum atomic E-state index is 0.0508. The lowest BCUT2D eigenvalue weighted by Gasteiger charge is -2.56. The largest absolute Gasteiger partial charge is 0.354 e. The van der Waals surface area contributed by atoms with Crippen molar-refractivity contribution in [3.63, 3.8) is 0 Å². The van der Waals surface area contributed by atoms with Crippen LogP contribution >= 0.6 is 0 Å². The molecule has 2 N–H and O–H groups in total. The van der Waals surface area contributed by atoms with Crippen LogP contribution in [0.4, 0.5) is 10.6 Å². The zero-order valence-electron chi connectivity index (χ0n) is 14.8. The van der Waals surface area contributed by atoms with Gasteiger partial charge >= 0.3 is 6.03 Å². The number of amides is 2. The molecule has 0 spiro atoms. The normalized spacial score (nSPS) is 38.8. The summed E-state index contributed by atoms with van der Waals surface area (Å²) in [7, 11) is 0. The summed E-state index contributed by atoms with van der Waals surface area (Å²) in [5.74, 6) is 3.58. The van der Waals surface area contributed by atoms with Crippen LogP contribution in [-0.4, -0.2) is 35.7 Å². The van der Waals surface area contributed by atoms with E-state index in [4.69, 9.17) is 0 Å². The van der Waals surface area contributed by atoms with Gasteiger partial charge in [0, 0.05) is 30.9 Å². The van der Waals surface area contributed by atoms with Gasteiger partial charge in [0.05, 0.1) is 0 Å². The van der Waals surface area contributed by atoms with Gasteiger partial charge in [-0.1, -0.05) is 6.07 Å². The van der Waals surface area contributed by atoms with Crippen LogP contribution in [0.2, 0.25) is 0 Å². The van der Waals surface area contributed by atoms with Crippen LogP contribution in [0.5, 0.6) is 0 Å². The summed E-state index contributed by atoms with van der Waals surface area (Å²) < 4.78 is 0. The van der Waals surface area contributed by atoms with E-state index in [2.05, 4.69) is 20.5 Å². The summed E-state index contributed by atoms with van der Waals surface area (Å²) in [5, 5.41) is 6.66. The number of pyridine rings is 1. The van der Waals surface area contributed by atoms with E-state index in [1.165, 1.54) is 38.5 Å². The molecule has 4 bridgehead atoms. The van der Waals surface area contributed by atoms with Crippen molar-refractivity contribution in [3.8, 4) is 0 Å². The van der Waals surface area contributed by atoms with Crippen LogP contribution in [0.1, 0.15) is 44.9 Å². The van der Waals surface area contributed by atoms with Crippen molar-refractivity contribution in [2.75, 3.05) is 18.0 Å². The summed E-state index contributed by atoms with van der Waals surface area (Å²) in [4.78, 5) is 19.3. The van der Waals surface area contributed by atoms with Crippen molar-refractivity contribution in [1.29, 1.82) is 0 Å². The molecule has 1 aromatic heterocycles. The molecular weight excluding hydrogens is 312 g/mol. The number of aromatic nitrogens is 1. The Balaban J connectivity index is 1.18. The third kappa shape index (κ3) is 2.98. The molecule has 134 valence electrons. The summed E-state index contributed by atoms with van der Waals surface area (Å²) in [5.41, 5.74) is 0.0953. The van der Waals surface area contributed by atoms with Gasteiger partial charge in [0.2, 0.25) is 0 Å². The van der Waals surface area contributed by atoms with Gasteiger partial charge in [-0.3, -0.25) is 0 Å². The van der Waals surface area contributed by atoms with Crippen molar-refractivity contribution >= 4 is 11.8 Å². The Labute approximate surface area is 149 Å². The van der Waals surface area contributed by atoms with Crippen molar-refractivity contribution in [2.24, 2.45) is 17.8 Å². The first-order valence-electron chi connectivity index (χ1n) is 9.92. The predicted molar refractivity (Wildman–Crippen MR) is 97.4 cm³/mol. The fourth-order valence-corrected chi connectivity index (χ4v) is 6.35. The Bertz CT molecular complexity index is 611. The fraction of sp³-hybridized carbons (Fsp3) is 0.700. The third-order valence-electron chi connectivity index (χ3n) is 6.91. The van der Waals surface area contributed by atoms with Crippen molar-refractivity contribution in [1.82, 2.24) is 15.6 Å². The molecule has 6 rings (SSSR count). The molecular formula is C20H28N4O. The van der Waals surface area contributed by atoms with Crippen LogP contribution in [0.25, 0.3) is 0 Å². The number of nitrogens with one attached hydrogen (secondary N) is 2. The standard InChI is InChI=1S/C20H28N4O/c25-19(22-17-4-6-24(13-17)18-3-1-2-5-21-18)23-20-10-14-7-15(11-20)9-16(8-14)12-20/h1-3,5,14-17H,4,6-13H2,(H2,22,23,25)/t14?,15?,16?,17-,20?/m1/s1. The summed E-state index contributed by atoms with van der Waals surface area (Å²) in [6, 6.07) is 6.26. The Kier molecular flexibility index (Phi) is 3.64. The maximum absolute atomic E-state index is 12.7. The number of nitrogens with zero attached hydrogens (tertiary/aromatic N) is 2. The number of urea groups is 1. The second-order valence-corrected chi connectivity index (χ2v) is 8.92. The second-order valence-electron chi connectivity index (χ2n) is 8.92. The Morgan fingerprint density at radius 2 is 1.84 bits per heavy atom. The Morgan fingerprint density at radius 3 is 2.48 bits per heavy atom. The lowest BCUT2D eigenvalue weighted by molar-refractivity contribution is -0.0136. The van der Waals surface area contributed by atoms with E-state index in [1.54, 1.807) is 0 Å². The van der Waals surface area contributed by atoms with Gasteiger partial charge in [0.25, 0.3) is 0 Å². The topological polar surface area (TPSA) is 57.3 Å². The van der Waals surface area contributed by atoms with Gasteiger partial charge in [-0.05, 0) is 74.8 Å². The number of rotatable bonds is 3. The molecule has 25 heavy (non-hydrogen) atoms. The average molecular weight is 340 g/mol. The molecule has 1 atom stereocenters. The van der Waals surface area contributed by atoms with E-state index < -0.39 is 0 Å². The Morgan fingerprint density at radius 1 is 1.12 bits per heavy atom. The van der Waals surface area contributed by atoms with E-state index >= 15 is 0 Å². The second kappa shape index (κ2) is 5.89. The maximum atomic E-state index is 12.7. The highest BCUT2D eigenvalue weighted by atomic mass is 16.2.